The Morgan fingerprint density at radius 2 is 1.69 bits per heavy atom. The minimum atomic E-state index is -0.343. The van der Waals surface area contributed by atoms with Crippen molar-refractivity contribution in [2.75, 3.05) is 19.0 Å². The second-order valence-electron chi connectivity index (χ2n) is 7.53. The number of carbonyl (C=O) groups is 2. The fourth-order valence-corrected chi connectivity index (χ4v) is 3.20. The van der Waals surface area contributed by atoms with Crippen LogP contribution in [0.25, 0.3) is 11.5 Å². The van der Waals surface area contributed by atoms with E-state index in [1.807, 2.05) is 54.6 Å². The number of nitrogens with one attached hydrogen (secondary N) is 2. The van der Waals surface area contributed by atoms with E-state index in [1.165, 1.54) is 0 Å². The van der Waals surface area contributed by atoms with Crippen LogP contribution in [0.1, 0.15) is 11.5 Å². The van der Waals surface area contributed by atoms with Crippen molar-refractivity contribution in [3.8, 4) is 23.0 Å². The van der Waals surface area contributed by atoms with Gasteiger partial charge in [0.1, 0.15) is 11.5 Å². The molecule has 3 aromatic carbocycles. The summed E-state index contributed by atoms with van der Waals surface area (Å²) in [5.41, 5.74) is 2.19. The van der Waals surface area contributed by atoms with E-state index in [2.05, 4.69) is 20.8 Å². The summed E-state index contributed by atoms with van der Waals surface area (Å²) in [6, 6.07) is 23.5. The third-order valence-electron chi connectivity index (χ3n) is 4.94. The standard InChI is InChI=1S/C26H24N4O5/c1-33-21-12-10-19(11-13-21)26-30-29-25(35-26)17-34-22-9-5-8-20(15-22)28-24(32)16-27-23(31)14-18-6-3-2-4-7-18/h2-13,15H,14,16-17H2,1H3,(H,27,31)(H,28,32). The lowest BCUT2D eigenvalue weighted by Gasteiger charge is -2.09. The highest BCUT2D eigenvalue weighted by molar-refractivity contribution is 5.94. The average Bonchev–Trinajstić information content (AvgIpc) is 3.36. The normalized spacial score (nSPS) is 10.4. The fraction of sp³-hybridized carbons (Fsp3) is 0.154. The van der Waals surface area contributed by atoms with Gasteiger partial charge in [-0.05, 0) is 42.0 Å². The van der Waals surface area contributed by atoms with E-state index in [4.69, 9.17) is 13.9 Å². The third kappa shape index (κ3) is 6.91. The highest BCUT2D eigenvalue weighted by Crippen LogP contribution is 2.22. The molecule has 178 valence electrons. The smallest absolute Gasteiger partial charge is 0.254 e. The number of benzene rings is 3. The number of anilines is 1. The zero-order valence-electron chi connectivity index (χ0n) is 19.1. The molecule has 35 heavy (non-hydrogen) atoms. The molecule has 0 aliphatic carbocycles. The van der Waals surface area contributed by atoms with E-state index in [9.17, 15) is 9.59 Å². The van der Waals surface area contributed by atoms with Crippen molar-refractivity contribution in [3.63, 3.8) is 0 Å². The van der Waals surface area contributed by atoms with Crippen molar-refractivity contribution in [1.82, 2.24) is 15.5 Å². The van der Waals surface area contributed by atoms with Crippen molar-refractivity contribution < 1.29 is 23.5 Å². The lowest BCUT2D eigenvalue weighted by Crippen LogP contribution is -2.33. The Balaban J connectivity index is 1.25. The summed E-state index contributed by atoms with van der Waals surface area (Å²) < 4.78 is 16.5. The summed E-state index contributed by atoms with van der Waals surface area (Å²) in [6.45, 7) is -0.0665. The van der Waals surface area contributed by atoms with Crippen LogP contribution in [0.15, 0.2) is 83.3 Å². The van der Waals surface area contributed by atoms with Gasteiger partial charge in [0.15, 0.2) is 6.61 Å². The zero-order chi connectivity index (χ0) is 24.5. The first-order valence-electron chi connectivity index (χ1n) is 10.9. The first-order chi connectivity index (χ1) is 17.1. The highest BCUT2D eigenvalue weighted by Gasteiger charge is 2.11. The number of carbonyl (C=O) groups excluding carboxylic acids is 2. The highest BCUT2D eigenvalue weighted by atomic mass is 16.5. The Bertz CT molecular complexity index is 1270. The summed E-state index contributed by atoms with van der Waals surface area (Å²) in [7, 11) is 1.60. The van der Waals surface area contributed by atoms with Gasteiger partial charge in [0.05, 0.1) is 20.1 Å². The molecule has 1 heterocycles. The Morgan fingerprint density at radius 3 is 2.46 bits per heavy atom. The second kappa shape index (κ2) is 11.5. The Labute approximate surface area is 202 Å². The molecule has 0 unspecified atom stereocenters. The van der Waals surface area contributed by atoms with Crippen molar-refractivity contribution in [1.29, 1.82) is 0 Å². The molecule has 2 N–H and O–H groups in total. The van der Waals surface area contributed by atoms with E-state index in [0.29, 0.717) is 23.2 Å². The summed E-state index contributed by atoms with van der Waals surface area (Å²) in [5, 5.41) is 13.4. The fourth-order valence-electron chi connectivity index (χ4n) is 3.20. The number of rotatable bonds is 10. The number of aromatic nitrogens is 2. The molecule has 9 nitrogen and oxygen atoms in total. The van der Waals surface area contributed by atoms with Crippen molar-refractivity contribution >= 4 is 17.5 Å². The molecule has 2 amide bonds. The zero-order valence-corrected chi connectivity index (χ0v) is 19.1. The SMILES string of the molecule is COc1ccc(-c2nnc(COc3cccc(NC(=O)CNC(=O)Cc4ccccc4)c3)o2)cc1. The topological polar surface area (TPSA) is 116 Å². The third-order valence-corrected chi connectivity index (χ3v) is 4.94. The molecule has 0 radical (unpaired) electrons. The molecule has 0 saturated heterocycles. The maximum absolute atomic E-state index is 12.2. The minimum absolute atomic E-state index is 0.0656. The molecule has 4 aromatic rings. The van der Waals surface area contributed by atoms with Crippen LogP contribution >= 0.6 is 0 Å². The van der Waals surface area contributed by atoms with Crippen molar-refractivity contribution in [2.24, 2.45) is 0 Å². The second-order valence-corrected chi connectivity index (χ2v) is 7.53. The Hall–Kier alpha value is -4.66. The molecule has 0 atom stereocenters. The van der Waals surface area contributed by atoms with Gasteiger partial charge in [-0.2, -0.15) is 0 Å². The van der Waals surface area contributed by atoms with Gasteiger partial charge < -0.3 is 24.5 Å². The largest absolute Gasteiger partial charge is 0.497 e. The summed E-state index contributed by atoms with van der Waals surface area (Å²) in [6.07, 6.45) is 0.216. The molecule has 0 saturated carbocycles. The van der Waals surface area contributed by atoms with E-state index in [0.717, 1.165) is 16.9 Å². The van der Waals surface area contributed by atoms with Gasteiger partial charge in [0.2, 0.25) is 17.7 Å². The minimum Gasteiger partial charge on any atom is -0.497 e. The maximum atomic E-state index is 12.2. The summed E-state index contributed by atoms with van der Waals surface area (Å²) >= 11 is 0. The van der Waals surface area contributed by atoms with Gasteiger partial charge >= 0.3 is 0 Å². The van der Waals surface area contributed by atoms with Gasteiger partial charge in [-0.3, -0.25) is 9.59 Å². The Kier molecular flexibility index (Phi) is 7.70. The van der Waals surface area contributed by atoms with E-state index < -0.39 is 0 Å². The lowest BCUT2D eigenvalue weighted by molar-refractivity contribution is -0.123. The molecule has 1 aromatic heterocycles. The van der Waals surface area contributed by atoms with Crippen LogP contribution in [-0.4, -0.2) is 35.7 Å². The quantitative estimate of drug-likeness (QED) is 0.362. The molecule has 0 bridgehead atoms. The molecular weight excluding hydrogens is 448 g/mol. The molecule has 0 aliphatic heterocycles. The average molecular weight is 473 g/mol. The number of methoxy groups -OCH3 is 1. The van der Waals surface area contributed by atoms with E-state index in [-0.39, 0.29) is 31.4 Å². The summed E-state index contributed by atoms with van der Waals surface area (Å²) in [4.78, 5) is 24.3. The maximum Gasteiger partial charge on any atom is 0.254 e. The first kappa shape index (κ1) is 23.5. The molecule has 0 aliphatic rings. The van der Waals surface area contributed by atoms with Crippen LogP contribution in [0.3, 0.4) is 0 Å². The molecule has 4 rings (SSSR count). The number of hydrogen-bond acceptors (Lipinski definition) is 7. The molecule has 0 fully saturated rings. The number of amides is 2. The van der Waals surface area contributed by atoms with Crippen LogP contribution in [-0.2, 0) is 22.6 Å². The predicted molar refractivity (Wildman–Crippen MR) is 129 cm³/mol. The monoisotopic (exact) mass is 472 g/mol. The van der Waals surface area contributed by atoms with Gasteiger partial charge in [-0.1, -0.05) is 36.4 Å². The van der Waals surface area contributed by atoms with Gasteiger partial charge in [0, 0.05) is 17.3 Å². The molecule has 9 heteroatoms. The number of hydrogen-bond donors (Lipinski definition) is 2. The van der Waals surface area contributed by atoms with Gasteiger partial charge in [-0.25, -0.2) is 0 Å². The van der Waals surface area contributed by atoms with Gasteiger partial charge in [-0.15, -0.1) is 10.2 Å². The lowest BCUT2D eigenvalue weighted by atomic mass is 10.1. The van der Waals surface area contributed by atoms with Crippen LogP contribution in [0.2, 0.25) is 0 Å². The van der Waals surface area contributed by atoms with Crippen LogP contribution in [0.4, 0.5) is 5.69 Å². The van der Waals surface area contributed by atoms with E-state index >= 15 is 0 Å². The molecular formula is C26H24N4O5. The Morgan fingerprint density at radius 1 is 0.886 bits per heavy atom. The van der Waals surface area contributed by atoms with Gasteiger partial charge in [0.25, 0.3) is 5.89 Å². The van der Waals surface area contributed by atoms with Crippen LogP contribution < -0.4 is 20.1 Å². The summed E-state index contributed by atoms with van der Waals surface area (Å²) in [5.74, 6) is 1.37. The molecule has 0 spiro atoms. The number of ether oxygens (including phenoxy) is 2. The first-order valence-corrected chi connectivity index (χ1v) is 10.9. The predicted octanol–water partition coefficient (Wildman–Crippen LogP) is 3.62. The number of nitrogens with zero attached hydrogens (tertiary/aromatic N) is 2. The van der Waals surface area contributed by atoms with Crippen LogP contribution in [0.5, 0.6) is 11.5 Å². The van der Waals surface area contributed by atoms with Crippen molar-refractivity contribution in [3.05, 3.63) is 90.3 Å². The van der Waals surface area contributed by atoms with Crippen LogP contribution in [0, 0.1) is 0 Å². The van der Waals surface area contributed by atoms with E-state index in [1.54, 1.807) is 31.4 Å². The van der Waals surface area contributed by atoms with Crippen molar-refractivity contribution in [2.45, 2.75) is 13.0 Å².